The first-order valence-electron chi connectivity index (χ1n) is 6.12. The van der Waals surface area contributed by atoms with Crippen LogP contribution in [-0.2, 0) is 4.74 Å². The number of ether oxygens (including phenoxy) is 1. The van der Waals surface area contributed by atoms with Crippen LogP contribution in [-0.4, -0.2) is 87.1 Å². The highest BCUT2D eigenvalue weighted by Crippen LogP contribution is 2.06. The van der Waals surface area contributed by atoms with Gasteiger partial charge in [0.25, 0.3) is 0 Å². The molecule has 0 rings (SSSR count). The molecule has 2 N–H and O–H groups in total. The number of nitrogens with zero attached hydrogens (tertiary/aromatic N) is 2. The van der Waals surface area contributed by atoms with E-state index in [9.17, 15) is 10.2 Å². The quantitative estimate of drug-likeness (QED) is 0.497. The third-order valence-corrected chi connectivity index (χ3v) is 2.41. The van der Waals surface area contributed by atoms with Crippen LogP contribution in [0.5, 0.6) is 0 Å². The summed E-state index contributed by atoms with van der Waals surface area (Å²) in [6.07, 6.45) is -0.694. The molecule has 0 aliphatic carbocycles. The molecule has 112 valence electrons. The zero-order valence-corrected chi connectivity index (χ0v) is 13.4. The second-order valence-electron chi connectivity index (χ2n) is 6.65. The fourth-order valence-electron chi connectivity index (χ4n) is 1.31. The van der Waals surface area contributed by atoms with Gasteiger partial charge in [-0.3, -0.25) is 0 Å². The molecule has 2 atom stereocenters. The van der Waals surface area contributed by atoms with Crippen LogP contribution < -0.4 is 0 Å². The molecule has 0 amide bonds. The summed E-state index contributed by atoms with van der Waals surface area (Å²) in [5.41, 5.74) is 0. The van der Waals surface area contributed by atoms with Crippen LogP contribution in [0.4, 0.5) is 0 Å². The highest BCUT2D eigenvalue weighted by molar-refractivity contribution is 5.85. The topological polar surface area (TPSA) is 49.7 Å². The molecule has 0 aromatic heterocycles. The van der Waals surface area contributed by atoms with E-state index in [4.69, 9.17) is 4.74 Å². The Hall–Kier alpha value is 0.0900. The van der Waals surface area contributed by atoms with Gasteiger partial charge in [-0.05, 0) is 0 Å². The first kappa shape index (κ1) is 20.4. The summed E-state index contributed by atoms with van der Waals surface area (Å²) in [5, 5.41) is 19.2. The van der Waals surface area contributed by atoms with E-state index in [0.29, 0.717) is 12.8 Å². The summed E-state index contributed by atoms with van der Waals surface area (Å²) in [6, 6.07) is 0. The molecule has 6 heteroatoms. The Morgan fingerprint density at radius 2 is 1.06 bits per heavy atom. The minimum Gasteiger partial charge on any atom is -0.368 e. The number of aliphatic hydroxyl groups is 2. The van der Waals surface area contributed by atoms with Gasteiger partial charge in [0, 0.05) is 12.8 Å². The summed E-state index contributed by atoms with van der Waals surface area (Å²) in [6.45, 7) is 1.62. The first-order chi connectivity index (χ1) is 7.49. The molecule has 0 radical (unpaired) electrons. The third-order valence-electron chi connectivity index (χ3n) is 2.41. The molecule has 0 aliphatic rings. The SMILES string of the molecule is C[N+](C)(C)CCC(O)OC(O)CC[N+](C)(C)C.Cl. The summed E-state index contributed by atoms with van der Waals surface area (Å²) in [4.78, 5) is 0. The molecule has 0 saturated heterocycles. The van der Waals surface area contributed by atoms with Gasteiger partial charge in [0.15, 0.2) is 12.6 Å². The van der Waals surface area contributed by atoms with Crippen molar-refractivity contribution in [2.45, 2.75) is 25.4 Å². The highest BCUT2D eigenvalue weighted by Gasteiger charge is 2.18. The fraction of sp³-hybridized carbons (Fsp3) is 1.00. The zero-order chi connectivity index (χ0) is 13.7. The first-order valence-corrected chi connectivity index (χ1v) is 6.12. The minimum absolute atomic E-state index is 0. The maximum atomic E-state index is 9.62. The lowest BCUT2D eigenvalue weighted by Gasteiger charge is -2.27. The van der Waals surface area contributed by atoms with Gasteiger partial charge in [0.1, 0.15) is 0 Å². The van der Waals surface area contributed by atoms with Crippen molar-refractivity contribution in [2.75, 3.05) is 55.4 Å². The van der Waals surface area contributed by atoms with Crippen molar-refractivity contribution in [2.24, 2.45) is 0 Å². The van der Waals surface area contributed by atoms with Crippen LogP contribution in [0.15, 0.2) is 0 Å². The molecule has 0 saturated carbocycles. The normalized spacial score (nSPS) is 16.0. The zero-order valence-electron chi connectivity index (χ0n) is 12.6. The van der Waals surface area contributed by atoms with Gasteiger partial charge in [0.05, 0.1) is 55.4 Å². The molecule has 0 aromatic carbocycles. The average Bonchev–Trinajstić information content (AvgIpc) is 2.09. The van der Waals surface area contributed by atoms with Gasteiger partial charge in [0.2, 0.25) is 0 Å². The number of quaternary nitrogens is 2. The lowest BCUT2D eigenvalue weighted by Crippen LogP contribution is -2.39. The standard InChI is InChI=1S/C12H30N2O3.ClH/c1-13(2,3)9-7-11(15)17-12(16)8-10-14(4,5)6;/h11-12,15-16H,7-10H2,1-6H3;1H/q+2;. The van der Waals surface area contributed by atoms with Crippen molar-refractivity contribution in [3.8, 4) is 0 Å². The van der Waals surface area contributed by atoms with Crippen molar-refractivity contribution in [1.29, 1.82) is 0 Å². The predicted octanol–water partition coefficient (Wildman–Crippen LogP) is 0.254. The largest absolute Gasteiger partial charge is 0.368 e. The Kier molecular flexibility index (Phi) is 9.41. The van der Waals surface area contributed by atoms with E-state index in [1.807, 2.05) is 0 Å². The third kappa shape index (κ3) is 14.2. The maximum Gasteiger partial charge on any atom is 0.163 e. The molecule has 5 nitrogen and oxygen atoms in total. The predicted molar refractivity (Wildman–Crippen MR) is 75.4 cm³/mol. The molecule has 2 unspecified atom stereocenters. The van der Waals surface area contributed by atoms with Crippen LogP contribution in [0.25, 0.3) is 0 Å². The van der Waals surface area contributed by atoms with Gasteiger partial charge >= 0.3 is 0 Å². The number of aliphatic hydroxyl groups excluding tert-OH is 2. The van der Waals surface area contributed by atoms with E-state index < -0.39 is 12.6 Å². The monoisotopic (exact) mass is 286 g/mol. The number of hydrogen-bond donors (Lipinski definition) is 2. The van der Waals surface area contributed by atoms with Crippen molar-refractivity contribution in [3.63, 3.8) is 0 Å². The Morgan fingerprint density at radius 3 is 1.28 bits per heavy atom. The lowest BCUT2D eigenvalue weighted by atomic mass is 10.3. The number of halogens is 1. The summed E-state index contributed by atoms with van der Waals surface area (Å²) in [7, 11) is 12.3. The molecule has 0 bridgehead atoms. The van der Waals surface area contributed by atoms with Gasteiger partial charge < -0.3 is 23.9 Å². The fourth-order valence-corrected chi connectivity index (χ4v) is 1.31. The highest BCUT2D eigenvalue weighted by atomic mass is 35.5. The summed E-state index contributed by atoms with van der Waals surface area (Å²) < 4.78 is 6.68. The summed E-state index contributed by atoms with van der Waals surface area (Å²) in [5.74, 6) is 0. The van der Waals surface area contributed by atoms with Crippen molar-refractivity contribution < 1.29 is 23.9 Å². The Bertz CT molecular complexity index is 192. The van der Waals surface area contributed by atoms with Crippen LogP contribution >= 0.6 is 12.4 Å². The van der Waals surface area contributed by atoms with Crippen LogP contribution in [0.1, 0.15) is 12.8 Å². The minimum atomic E-state index is -0.880. The Balaban J connectivity index is 0. The van der Waals surface area contributed by atoms with E-state index in [-0.39, 0.29) is 12.4 Å². The van der Waals surface area contributed by atoms with Crippen LogP contribution in [0.3, 0.4) is 0 Å². The summed E-state index contributed by atoms with van der Waals surface area (Å²) >= 11 is 0. The van der Waals surface area contributed by atoms with Gasteiger partial charge in [-0.1, -0.05) is 0 Å². The van der Waals surface area contributed by atoms with Crippen LogP contribution in [0, 0.1) is 0 Å². The van der Waals surface area contributed by atoms with E-state index in [2.05, 4.69) is 42.3 Å². The molecule has 18 heavy (non-hydrogen) atoms. The molecular formula is C12H31ClN2O3+2. The van der Waals surface area contributed by atoms with E-state index >= 15 is 0 Å². The Morgan fingerprint density at radius 1 is 0.778 bits per heavy atom. The second kappa shape index (κ2) is 8.30. The average molecular weight is 287 g/mol. The van der Waals surface area contributed by atoms with Gasteiger partial charge in [-0.15, -0.1) is 12.4 Å². The van der Waals surface area contributed by atoms with Gasteiger partial charge in [-0.25, -0.2) is 0 Å². The number of hydrogen-bond acceptors (Lipinski definition) is 3. The van der Waals surface area contributed by atoms with Crippen molar-refractivity contribution in [3.05, 3.63) is 0 Å². The van der Waals surface area contributed by atoms with E-state index in [0.717, 1.165) is 22.1 Å². The Labute approximate surface area is 118 Å². The maximum absolute atomic E-state index is 9.62. The smallest absolute Gasteiger partial charge is 0.163 e. The molecule has 0 aromatic rings. The molecule has 0 fully saturated rings. The lowest BCUT2D eigenvalue weighted by molar-refractivity contribution is -0.872. The molecular weight excluding hydrogens is 256 g/mol. The molecule has 0 spiro atoms. The molecule has 0 heterocycles. The molecule has 0 aliphatic heterocycles. The van der Waals surface area contributed by atoms with Crippen molar-refractivity contribution >= 4 is 12.4 Å². The second-order valence-corrected chi connectivity index (χ2v) is 6.65. The van der Waals surface area contributed by atoms with E-state index in [1.165, 1.54) is 0 Å². The van der Waals surface area contributed by atoms with Crippen LogP contribution in [0.2, 0.25) is 0 Å². The van der Waals surface area contributed by atoms with Gasteiger partial charge in [-0.2, -0.15) is 0 Å². The van der Waals surface area contributed by atoms with E-state index in [1.54, 1.807) is 0 Å². The number of rotatable bonds is 8. The van der Waals surface area contributed by atoms with Crippen molar-refractivity contribution in [1.82, 2.24) is 0 Å².